The summed E-state index contributed by atoms with van der Waals surface area (Å²) < 4.78 is 0. The fourth-order valence-corrected chi connectivity index (χ4v) is 3.42. The first-order chi connectivity index (χ1) is 8.66. The molecular weight excluding hydrogens is 232 g/mol. The van der Waals surface area contributed by atoms with E-state index in [1.54, 1.807) is 0 Å². The molecule has 0 bridgehead atoms. The van der Waals surface area contributed by atoms with E-state index in [1.165, 1.54) is 45.6 Å². The summed E-state index contributed by atoms with van der Waals surface area (Å²) in [6.07, 6.45) is 2.79. The lowest BCUT2D eigenvalue weighted by atomic mass is 9.75. The Kier molecular flexibility index (Phi) is 4.32. The summed E-state index contributed by atoms with van der Waals surface area (Å²) in [5, 5.41) is 0. The van der Waals surface area contributed by atoms with Crippen molar-refractivity contribution in [2.24, 2.45) is 17.3 Å². The van der Waals surface area contributed by atoms with Crippen LogP contribution in [0, 0.1) is 17.3 Å². The number of rotatable bonds is 2. The molecule has 112 valence electrons. The van der Waals surface area contributed by atoms with Gasteiger partial charge in [-0.15, -0.1) is 0 Å². The van der Waals surface area contributed by atoms with E-state index >= 15 is 0 Å². The van der Waals surface area contributed by atoms with E-state index in [1.807, 2.05) is 0 Å². The van der Waals surface area contributed by atoms with Crippen LogP contribution in [0.3, 0.4) is 0 Å². The van der Waals surface area contributed by atoms with E-state index in [2.05, 4.69) is 51.3 Å². The largest absolute Gasteiger partial charge is 0.302 e. The molecule has 0 spiro atoms. The van der Waals surface area contributed by atoms with Crippen LogP contribution in [0.4, 0.5) is 0 Å². The molecule has 0 aliphatic carbocycles. The summed E-state index contributed by atoms with van der Waals surface area (Å²) in [6.45, 7) is 20.8. The first-order valence-corrected chi connectivity index (χ1v) is 8.13. The van der Waals surface area contributed by atoms with Crippen molar-refractivity contribution in [3.63, 3.8) is 0 Å². The van der Waals surface area contributed by atoms with Gasteiger partial charge in [-0.25, -0.2) is 0 Å². The average Bonchev–Trinajstić information content (AvgIpc) is 2.20. The lowest BCUT2D eigenvalue weighted by Gasteiger charge is -2.49. The summed E-state index contributed by atoms with van der Waals surface area (Å²) in [5.41, 5.74) is 0.866. The standard InChI is InChI=1S/C17H34N2/c1-16(2,3)15-12-18(13-15)11-14-7-9-19(10-8-14)17(4,5)6/h14-15H,7-13H2,1-6H3. The van der Waals surface area contributed by atoms with Crippen LogP contribution in [0.1, 0.15) is 54.4 Å². The topological polar surface area (TPSA) is 6.48 Å². The summed E-state index contributed by atoms with van der Waals surface area (Å²) >= 11 is 0. The fourth-order valence-electron chi connectivity index (χ4n) is 3.42. The molecule has 0 aromatic carbocycles. The van der Waals surface area contributed by atoms with Crippen molar-refractivity contribution in [3.05, 3.63) is 0 Å². The molecule has 2 fully saturated rings. The Hall–Kier alpha value is -0.0800. The molecule has 0 amide bonds. The van der Waals surface area contributed by atoms with E-state index in [9.17, 15) is 0 Å². The Balaban J connectivity index is 1.68. The minimum Gasteiger partial charge on any atom is -0.302 e. The van der Waals surface area contributed by atoms with Crippen LogP contribution in [0.5, 0.6) is 0 Å². The maximum absolute atomic E-state index is 2.69. The first-order valence-electron chi connectivity index (χ1n) is 8.13. The van der Waals surface area contributed by atoms with Gasteiger partial charge in [0.15, 0.2) is 0 Å². The maximum atomic E-state index is 2.69. The zero-order valence-corrected chi connectivity index (χ0v) is 14.0. The monoisotopic (exact) mass is 266 g/mol. The number of nitrogens with zero attached hydrogens (tertiary/aromatic N) is 2. The highest BCUT2D eigenvalue weighted by molar-refractivity contribution is 4.90. The van der Waals surface area contributed by atoms with Crippen LogP contribution in [0.2, 0.25) is 0 Å². The molecule has 0 N–H and O–H groups in total. The van der Waals surface area contributed by atoms with Gasteiger partial charge >= 0.3 is 0 Å². The van der Waals surface area contributed by atoms with E-state index in [0.717, 1.165) is 11.8 Å². The predicted octanol–water partition coefficient (Wildman–Crippen LogP) is 3.47. The lowest BCUT2D eigenvalue weighted by Crippen LogP contribution is -2.54. The van der Waals surface area contributed by atoms with Crippen molar-refractivity contribution >= 4 is 0 Å². The summed E-state index contributed by atoms with van der Waals surface area (Å²) in [6, 6.07) is 0. The third kappa shape index (κ3) is 3.95. The van der Waals surface area contributed by atoms with Crippen molar-refractivity contribution in [1.82, 2.24) is 9.80 Å². The quantitative estimate of drug-likeness (QED) is 0.755. The highest BCUT2D eigenvalue weighted by Gasteiger charge is 2.37. The fraction of sp³-hybridized carbons (Fsp3) is 1.00. The van der Waals surface area contributed by atoms with Crippen molar-refractivity contribution in [2.75, 3.05) is 32.7 Å². The molecule has 0 aromatic heterocycles. The van der Waals surface area contributed by atoms with Crippen LogP contribution < -0.4 is 0 Å². The lowest BCUT2D eigenvalue weighted by molar-refractivity contribution is -0.00000237. The molecule has 19 heavy (non-hydrogen) atoms. The van der Waals surface area contributed by atoms with Gasteiger partial charge in [0.05, 0.1) is 0 Å². The van der Waals surface area contributed by atoms with Gasteiger partial charge in [0.25, 0.3) is 0 Å². The maximum Gasteiger partial charge on any atom is 0.0125 e. The summed E-state index contributed by atoms with van der Waals surface area (Å²) in [5.74, 6) is 1.86. The second kappa shape index (κ2) is 5.37. The number of hydrogen-bond donors (Lipinski definition) is 0. The highest BCUT2D eigenvalue weighted by atomic mass is 15.2. The molecule has 2 aliphatic heterocycles. The van der Waals surface area contributed by atoms with E-state index in [0.29, 0.717) is 11.0 Å². The molecule has 0 saturated carbocycles. The molecule has 2 heteroatoms. The van der Waals surface area contributed by atoms with Gasteiger partial charge in [-0.05, 0) is 64.0 Å². The Morgan fingerprint density at radius 2 is 1.42 bits per heavy atom. The predicted molar refractivity (Wildman–Crippen MR) is 83.4 cm³/mol. The van der Waals surface area contributed by atoms with Gasteiger partial charge in [0, 0.05) is 25.2 Å². The minimum absolute atomic E-state index is 0.360. The molecule has 2 nitrogen and oxygen atoms in total. The third-order valence-electron chi connectivity index (χ3n) is 5.26. The second-order valence-electron chi connectivity index (χ2n) is 8.88. The number of likely N-dealkylation sites (tertiary alicyclic amines) is 2. The Bertz CT molecular complexity index is 283. The van der Waals surface area contributed by atoms with Crippen LogP contribution in [-0.2, 0) is 0 Å². The van der Waals surface area contributed by atoms with Crippen molar-refractivity contribution < 1.29 is 0 Å². The van der Waals surface area contributed by atoms with Crippen LogP contribution in [0.25, 0.3) is 0 Å². The normalized spacial score (nSPS) is 25.6. The molecule has 2 saturated heterocycles. The summed E-state index contributed by atoms with van der Waals surface area (Å²) in [4.78, 5) is 5.34. The molecule has 2 rings (SSSR count). The van der Waals surface area contributed by atoms with Gasteiger partial charge in [-0.1, -0.05) is 20.8 Å². The van der Waals surface area contributed by atoms with Gasteiger partial charge < -0.3 is 4.90 Å². The van der Waals surface area contributed by atoms with Crippen LogP contribution in [0.15, 0.2) is 0 Å². The Labute approximate surface area is 120 Å². The molecule has 2 heterocycles. The molecular formula is C17H34N2. The first kappa shape index (κ1) is 15.3. The van der Waals surface area contributed by atoms with E-state index in [4.69, 9.17) is 0 Å². The van der Waals surface area contributed by atoms with Crippen LogP contribution >= 0.6 is 0 Å². The molecule has 0 radical (unpaired) electrons. The van der Waals surface area contributed by atoms with E-state index in [-0.39, 0.29) is 0 Å². The molecule has 0 atom stereocenters. The second-order valence-corrected chi connectivity index (χ2v) is 8.88. The zero-order valence-electron chi connectivity index (χ0n) is 14.0. The van der Waals surface area contributed by atoms with E-state index < -0.39 is 0 Å². The van der Waals surface area contributed by atoms with Crippen LogP contribution in [-0.4, -0.2) is 48.1 Å². The van der Waals surface area contributed by atoms with Gasteiger partial charge in [-0.3, -0.25) is 4.90 Å². The zero-order chi connectivity index (χ0) is 14.3. The Morgan fingerprint density at radius 1 is 0.895 bits per heavy atom. The SMILES string of the molecule is CC(C)(C)C1CN(CC2CCN(C(C)(C)C)CC2)C1. The van der Waals surface area contributed by atoms with Crippen molar-refractivity contribution in [1.29, 1.82) is 0 Å². The van der Waals surface area contributed by atoms with Crippen molar-refractivity contribution in [2.45, 2.75) is 59.9 Å². The third-order valence-corrected chi connectivity index (χ3v) is 5.26. The smallest absolute Gasteiger partial charge is 0.0125 e. The van der Waals surface area contributed by atoms with Gasteiger partial charge in [-0.2, -0.15) is 0 Å². The van der Waals surface area contributed by atoms with Gasteiger partial charge in [0.1, 0.15) is 0 Å². The van der Waals surface area contributed by atoms with Crippen molar-refractivity contribution in [3.8, 4) is 0 Å². The molecule has 0 unspecified atom stereocenters. The highest BCUT2D eigenvalue weighted by Crippen LogP contribution is 2.35. The van der Waals surface area contributed by atoms with Gasteiger partial charge in [0.2, 0.25) is 0 Å². The minimum atomic E-state index is 0.360. The molecule has 2 aliphatic rings. The summed E-state index contributed by atoms with van der Waals surface area (Å²) in [7, 11) is 0. The molecule has 0 aromatic rings. The Morgan fingerprint density at radius 3 is 1.84 bits per heavy atom. The number of hydrogen-bond acceptors (Lipinski definition) is 2. The number of piperidine rings is 1. The average molecular weight is 266 g/mol.